The maximum absolute atomic E-state index is 10.7. The van der Waals surface area contributed by atoms with E-state index in [1.54, 1.807) is 0 Å². The lowest BCUT2D eigenvalue weighted by molar-refractivity contribution is 0.112. The Morgan fingerprint density at radius 3 is 2.74 bits per heavy atom. The molecule has 0 aliphatic heterocycles. The summed E-state index contributed by atoms with van der Waals surface area (Å²) in [5.74, 6) is 0.486. The molecule has 0 bridgehead atoms. The molecule has 2 heterocycles. The summed E-state index contributed by atoms with van der Waals surface area (Å²) in [6, 6.07) is 9.45. The van der Waals surface area contributed by atoms with E-state index in [4.69, 9.17) is 11.6 Å². The smallest absolute Gasteiger partial charge is 0.233 e. The van der Waals surface area contributed by atoms with Gasteiger partial charge in [-0.25, -0.2) is 4.98 Å². The zero-order valence-electron chi connectivity index (χ0n) is 9.39. The molecular formula is C11H6ClN5OS. The third kappa shape index (κ3) is 2.25. The fourth-order valence-corrected chi connectivity index (χ4v) is 2.42. The SMILES string of the molecule is O=Cc1sc(-n2nnc(-c3ccccc3)n2)nc1Cl. The van der Waals surface area contributed by atoms with Crippen LogP contribution in [0.2, 0.25) is 5.15 Å². The minimum Gasteiger partial charge on any atom is -0.297 e. The van der Waals surface area contributed by atoms with Crippen LogP contribution in [0.15, 0.2) is 30.3 Å². The Hall–Kier alpha value is -2.12. The summed E-state index contributed by atoms with van der Waals surface area (Å²) in [5, 5.41) is 12.6. The topological polar surface area (TPSA) is 73.6 Å². The largest absolute Gasteiger partial charge is 0.297 e. The van der Waals surface area contributed by atoms with Crippen LogP contribution in [-0.4, -0.2) is 31.5 Å². The third-order valence-corrected chi connectivity index (χ3v) is 3.67. The predicted octanol–water partition coefficient (Wildman–Crippen LogP) is 2.25. The van der Waals surface area contributed by atoms with Gasteiger partial charge in [-0.15, -0.1) is 15.0 Å². The molecule has 0 amide bonds. The van der Waals surface area contributed by atoms with Crippen molar-refractivity contribution in [2.75, 3.05) is 0 Å². The summed E-state index contributed by atoms with van der Waals surface area (Å²) in [7, 11) is 0. The number of hydrogen-bond acceptors (Lipinski definition) is 6. The number of aromatic nitrogens is 5. The van der Waals surface area contributed by atoms with Gasteiger partial charge in [-0.2, -0.15) is 0 Å². The molecule has 0 saturated heterocycles. The van der Waals surface area contributed by atoms with Gasteiger partial charge in [0.15, 0.2) is 11.4 Å². The second kappa shape index (κ2) is 4.87. The van der Waals surface area contributed by atoms with Crippen molar-refractivity contribution in [1.82, 2.24) is 25.2 Å². The summed E-state index contributed by atoms with van der Waals surface area (Å²) in [5.41, 5.74) is 0.854. The van der Waals surface area contributed by atoms with E-state index in [1.165, 1.54) is 4.80 Å². The van der Waals surface area contributed by atoms with Crippen molar-refractivity contribution in [2.45, 2.75) is 0 Å². The third-order valence-electron chi connectivity index (χ3n) is 2.32. The van der Waals surface area contributed by atoms with Crippen LogP contribution < -0.4 is 0 Å². The molecule has 6 nitrogen and oxygen atoms in total. The van der Waals surface area contributed by atoms with Crippen molar-refractivity contribution >= 4 is 29.2 Å². The molecule has 3 aromatic rings. The van der Waals surface area contributed by atoms with Crippen molar-refractivity contribution in [3.05, 3.63) is 40.4 Å². The van der Waals surface area contributed by atoms with Gasteiger partial charge < -0.3 is 0 Å². The molecule has 0 saturated carbocycles. The Morgan fingerprint density at radius 2 is 2.05 bits per heavy atom. The summed E-state index contributed by atoms with van der Waals surface area (Å²) >= 11 is 6.91. The normalized spacial score (nSPS) is 10.6. The van der Waals surface area contributed by atoms with E-state index in [2.05, 4.69) is 20.4 Å². The zero-order chi connectivity index (χ0) is 13.2. The van der Waals surface area contributed by atoms with Crippen LogP contribution in [0, 0.1) is 0 Å². The van der Waals surface area contributed by atoms with E-state index < -0.39 is 0 Å². The predicted molar refractivity (Wildman–Crippen MR) is 70.7 cm³/mol. The zero-order valence-corrected chi connectivity index (χ0v) is 11.0. The molecule has 0 radical (unpaired) electrons. The highest BCUT2D eigenvalue weighted by Crippen LogP contribution is 2.23. The quantitative estimate of drug-likeness (QED) is 0.692. The number of tetrazole rings is 1. The highest BCUT2D eigenvalue weighted by molar-refractivity contribution is 7.16. The minimum atomic E-state index is 0.147. The highest BCUT2D eigenvalue weighted by atomic mass is 35.5. The van der Waals surface area contributed by atoms with E-state index in [0.29, 0.717) is 22.1 Å². The number of carbonyl (C=O) groups excluding carboxylic acids is 1. The number of nitrogens with zero attached hydrogens (tertiary/aromatic N) is 5. The molecule has 19 heavy (non-hydrogen) atoms. The Labute approximate surface area is 116 Å². The molecule has 0 aliphatic rings. The first-order valence-electron chi connectivity index (χ1n) is 5.25. The van der Waals surface area contributed by atoms with E-state index in [-0.39, 0.29) is 5.15 Å². The van der Waals surface area contributed by atoms with Gasteiger partial charge in [0.05, 0.1) is 0 Å². The Balaban J connectivity index is 1.99. The number of hydrogen-bond donors (Lipinski definition) is 0. The summed E-state index contributed by atoms with van der Waals surface area (Å²) < 4.78 is 0. The second-order valence-corrected chi connectivity index (χ2v) is 4.90. The van der Waals surface area contributed by atoms with E-state index in [0.717, 1.165) is 16.9 Å². The molecule has 1 aromatic carbocycles. The van der Waals surface area contributed by atoms with Gasteiger partial charge in [-0.05, 0) is 5.21 Å². The fourth-order valence-electron chi connectivity index (χ4n) is 1.46. The Morgan fingerprint density at radius 1 is 1.26 bits per heavy atom. The molecular weight excluding hydrogens is 286 g/mol. The first kappa shape index (κ1) is 11.9. The van der Waals surface area contributed by atoms with Crippen molar-refractivity contribution in [3.8, 4) is 16.5 Å². The molecule has 2 aromatic heterocycles. The first-order valence-corrected chi connectivity index (χ1v) is 6.44. The van der Waals surface area contributed by atoms with Crippen LogP contribution in [-0.2, 0) is 0 Å². The Kier molecular flexibility index (Phi) is 3.06. The van der Waals surface area contributed by atoms with Crippen molar-refractivity contribution in [3.63, 3.8) is 0 Å². The van der Waals surface area contributed by atoms with Gasteiger partial charge in [-0.3, -0.25) is 4.79 Å². The minimum absolute atomic E-state index is 0.147. The number of carbonyl (C=O) groups is 1. The second-order valence-electron chi connectivity index (χ2n) is 3.54. The number of rotatable bonds is 3. The average molecular weight is 292 g/mol. The van der Waals surface area contributed by atoms with Gasteiger partial charge in [0.25, 0.3) is 0 Å². The van der Waals surface area contributed by atoms with E-state index >= 15 is 0 Å². The molecule has 0 fully saturated rings. The van der Waals surface area contributed by atoms with Gasteiger partial charge >= 0.3 is 0 Å². The van der Waals surface area contributed by atoms with Crippen LogP contribution in [0.5, 0.6) is 0 Å². The first-order chi connectivity index (χ1) is 9.28. The van der Waals surface area contributed by atoms with Crippen molar-refractivity contribution < 1.29 is 4.79 Å². The summed E-state index contributed by atoms with van der Waals surface area (Å²) in [6.45, 7) is 0. The lowest BCUT2D eigenvalue weighted by Crippen LogP contribution is -1.97. The monoisotopic (exact) mass is 291 g/mol. The van der Waals surface area contributed by atoms with Crippen molar-refractivity contribution in [2.24, 2.45) is 0 Å². The standard InChI is InChI=1S/C11H6ClN5OS/c12-9-8(6-18)19-11(13-9)17-15-10(14-16-17)7-4-2-1-3-5-7/h1-6H. The van der Waals surface area contributed by atoms with Crippen LogP contribution in [0.1, 0.15) is 9.67 Å². The van der Waals surface area contributed by atoms with Crippen molar-refractivity contribution in [1.29, 1.82) is 0 Å². The summed E-state index contributed by atoms with van der Waals surface area (Å²) in [6.07, 6.45) is 0.651. The van der Waals surface area contributed by atoms with Gasteiger partial charge in [0, 0.05) is 5.56 Å². The fraction of sp³-hybridized carbons (Fsp3) is 0. The number of halogens is 1. The molecule has 8 heteroatoms. The molecule has 3 rings (SSSR count). The maximum Gasteiger partial charge on any atom is 0.233 e. The number of thiazole rings is 1. The number of aldehydes is 1. The van der Waals surface area contributed by atoms with E-state index in [9.17, 15) is 4.79 Å². The van der Waals surface area contributed by atoms with Gasteiger partial charge in [0.2, 0.25) is 11.0 Å². The lowest BCUT2D eigenvalue weighted by Gasteiger charge is -1.91. The summed E-state index contributed by atoms with van der Waals surface area (Å²) in [4.78, 5) is 16.3. The number of benzene rings is 1. The van der Waals surface area contributed by atoms with Crippen LogP contribution in [0.4, 0.5) is 0 Å². The molecule has 94 valence electrons. The molecule has 0 aliphatic carbocycles. The van der Waals surface area contributed by atoms with E-state index in [1.807, 2.05) is 30.3 Å². The van der Waals surface area contributed by atoms with Gasteiger partial charge in [-0.1, -0.05) is 53.3 Å². The lowest BCUT2D eigenvalue weighted by atomic mass is 10.2. The maximum atomic E-state index is 10.7. The molecule has 0 atom stereocenters. The molecule has 0 N–H and O–H groups in total. The Bertz CT molecular complexity index is 724. The molecule has 0 unspecified atom stereocenters. The van der Waals surface area contributed by atoms with Crippen LogP contribution in [0.25, 0.3) is 16.5 Å². The van der Waals surface area contributed by atoms with Crippen LogP contribution >= 0.6 is 22.9 Å². The highest BCUT2D eigenvalue weighted by Gasteiger charge is 2.13. The van der Waals surface area contributed by atoms with Crippen LogP contribution in [0.3, 0.4) is 0 Å². The average Bonchev–Trinajstić information content (AvgIpc) is 3.06. The molecule has 0 spiro atoms. The van der Waals surface area contributed by atoms with Gasteiger partial charge in [0.1, 0.15) is 4.88 Å².